The van der Waals surface area contributed by atoms with Crippen molar-refractivity contribution >= 4 is 12.1 Å². The molecule has 5 nitrogen and oxygen atoms in total. The molecule has 0 fully saturated rings. The van der Waals surface area contributed by atoms with Crippen molar-refractivity contribution in [3.8, 4) is 11.3 Å². The Labute approximate surface area is 140 Å². The summed E-state index contributed by atoms with van der Waals surface area (Å²) in [5, 5.41) is 11.0. The summed E-state index contributed by atoms with van der Waals surface area (Å²) in [6.45, 7) is 3.89. The van der Waals surface area contributed by atoms with Crippen LogP contribution >= 0.6 is 0 Å². The lowest BCUT2D eigenvalue weighted by Gasteiger charge is -2.00. The predicted molar refractivity (Wildman–Crippen MR) is 95.0 cm³/mol. The Balaban J connectivity index is 1.72. The largest absolute Gasteiger partial charge is 0.289 e. The van der Waals surface area contributed by atoms with E-state index in [-0.39, 0.29) is 5.91 Å². The third-order valence-corrected chi connectivity index (χ3v) is 3.74. The zero-order valence-electron chi connectivity index (χ0n) is 13.6. The molecule has 3 rings (SSSR count). The molecule has 0 aliphatic heterocycles. The summed E-state index contributed by atoms with van der Waals surface area (Å²) in [5.74, 6) is -0.314. The fourth-order valence-electron chi connectivity index (χ4n) is 2.37. The molecule has 0 bridgehead atoms. The molecule has 120 valence electrons. The molecule has 2 N–H and O–H groups in total. The molecule has 0 saturated heterocycles. The Kier molecular flexibility index (Phi) is 4.52. The first kappa shape index (κ1) is 15.7. The number of hydrogen-bond donors (Lipinski definition) is 2. The molecule has 0 aliphatic rings. The van der Waals surface area contributed by atoms with Crippen LogP contribution in [0.15, 0.2) is 59.7 Å². The normalized spacial score (nSPS) is 10.9. The van der Waals surface area contributed by atoms with Gasteiger partial charge in [0.2, 0.25) is 0 Å². The summed E-state index contributed by atoms with van der Waals surface area (Å²) in [5.41, 5.74) is 7.57. The van der Waals surface area contributed by atoms with Crippen LogP contribution in [0.2, 0.25) is 0 Å². The molecule has 2 aromatic carbocycles. The van der Waals surface area contributed by atoms with Gasteiger partial charge in [0.15, 0.2) is 0 Å². The zero-order valence-corrected chi connectivity index (χ0v) is 13.6. The fourth-order valence-corrected chi connectivity index (χ4v) is 2.37. The second kappa shape index (κ2) is 6.91. The van der Waals surface area contributed by atoms with Gasteiger partial charge in [0.05, 0.1) is 11.9 Å². The number of hydrogen-bond acceptors (Lipinski definition) is 3. The van der Waals surface area contributed by atoms with Gasteiger partial charge in [-0.05, 0) is 19.4 Å². The van der Waals surface area contributed by atoms with Gasteiger partial charge in [-0.3, -0.25) is 9.89 Å². The highest BCUT2D eigenvalue weighted by Gasteiger charge is 2.16. The van der Waals surface area contributed by atoms with Crippen LogP contribution in [0, 0.1) is 13.8 Å². The molecule has 5 heteroatoms. The minimum absolute atomic E-state index is 0.314. The highest BCUT2D eigenvalue weighted by molar-refractivity contribution is 5.95. The van der Waals surface area contributed by atoms with Crippen molar-refractivity contribution in [3.63, 3.8) is 0 Å². The van der Waals surface area contributed by atoms with Gasteiger partial charge in [-0.1, -0.05) is 60.2 Å². The van der Waals surface area contributed by atoms with Gasteiger partial charge in [0, 0.05) is 11.1 Å². The summed E-state index contributed by atoms with van der Waals surface area (Å²) < 4.78 is 0. The second-order valence-corrected chi connectivity index (χ2v) is 5.55. The van der Waals surface area contributed by atoms with Crippen LogP contribution in [0.5, 0.6) is 0 Å². The fraction of sp³-hybridized carbons (Fsp3) is 0.105. The van der Waals surface area contributed by atoms with Crippen molar-refractivity contribution in [1.29, 1.82) is 0 Å². The molecule has 0 aliphatic carbocycles. The SMILES string of the molecule is Cc1ccc(/C=N\NC(=O)c2[nH]nc(-c3ccccc3)c2C)cc1. The number of nitrogens with one attached hydrogen (secondary N) is 2. The average Bonchev–Trinajstić information content (AvgIpc) is 2.99. The van der Waals surface area contributed by atoms with E-state index in [4.69, 9.17) is 0 Å². The summed E-state index contributed by atoms with van der Waals surface area (Å²) >= 11 is 0. The number of aryl methyl sites for hydroxylation is 1. The molecule has 1 amide bonds. The maximum atomic E-state index is 12.3. The molecule has 0 radical (unpaired) electrons. The number of carbonyl (C=O) groups is 1. The molecular formula is C19H18N4O. The molecule has 0 unspecified atom stereocenters. The van der Waals surface area contributed by atoms with E-state index in [1.807, 2.05) is 68.4 Å². The number of hydrazone groups is 1. The number of aromatic nitrogens is 2. The Morgan fingerprint density at radius 3 is 2.50 bits per heavy atom. The zero-order chi connectivity index (χ0) is 16.9. The van der Waals surface area contributed by atoms with Crippen LogP contribution in [0.1, 0.15) is 27.2 Å². The maximum absolute atomic E-state index is 12.3. The maximum Gasteiger partial charge on any atom is 0.289 e. The van der Waals surface area contributed by atoms with E-state index in [0.29, 0.717) is 5.69 Å². The van der Waals surface area contributed by atoms with Gasteiger partial charge in [0.25, 0.3) is 5.91 Å². The number of H-pyrrole nitrogens is 1. The van der Waals surface area contributed by atoms with Crippen molar-refractivity contribution in [1.82, 2.24) is 15.6 Å². The van der Waals surface area contributed by atoms with Crippen LogP contribution in [0.3, 0.4) is 0 Å². The predicted octanol–water partition coefficient (Wildman–Crippen LogP) is 3.46. The van der Waals surface area contributed by atoms with E-state index >= 15 is 0 Å². The summed E-state index contributed by atoms with van der Waals surface area (Å²) in [6.07, 6.45) is 1.61. The number of amides is 1. The Hall–Kier alpha value is -3.21. The van der Waals surface area contributed by atoms with E-state index in [0.717, 1.165) is 22.4 Å². The topological polar surface area (TPSA) is 70.1 Å². The third kappa shape index (κ3) is 3.41. The van der Waals surface area contributed by atoms with E-state index in [1.54, 1.807) is 6.21 Å². The van der Waals surface area contributed by atoms with E-state index in [2.05, 4.69) is 20.7 Å². The van der Waals surface area contributed by atoms with Gasteiger partial charge in [-0.25, -0.2) is 5.43 Å². The summed E-state index contributed by atoms with van der Waals surface area (Å²) in [7, 11) is 0. The van der Waals surface area contributed by atoms with Crippen LogP contribution in [0.4, 0.5) is 0 Å². The highest BCUT2D eigenvalue weighted by atomic mass is 16.2. The first-order valence-corrected chi connectivity index (χ1v) is 7.65. The lowest BCUT2D eigenvalue weighted by atomic mass is 10.1. The minimum Gasteiger partial charge on any atom is -0.272 e. The first-order valence-electron chi connectivity index (χ1n) is 7.65. The number of nitrogens with zero attached hydrogens (tertiary/aromatic N) is 2. The van der Waals surface area contributed by atoms with Crippen LogP contribution in [-0.2, 0) is 0 Å². The van der Waals surface area contributed by atoms with Crippen LogP contribution < -0.4 is 5.43 Å². The molecule has 0 saturated carbocycles. The second-order valence-electron chi connectivity index (χ2n) is 5.55. The van der Waals surface area contributed by atoms with Crippen molar-refractivity contribution < 1.29 is 4.79 Å². The van der Waals surface area contributed by atoms with Gasteiger partial charge in [-0.15, -0.1) is 0 Å². The smallest absolute Gasteiger partial charge is 0.272 e. The number of aromatic amines is 1. The van der Waals surface area contributed by atoms with Gasteiger partial charge in [-0.2, -0.15) is 10.2 Å². The molecule has 24 heavy (non-hydrogen) atoms. The summed E-state index contributed by atoms with van der Waals surface area (Å²) in [4.78, 5) is 12.3. The van der Waals surface area contributed by atoms with Crippen molar-refractivity contribution in [3.05, 3.63) is 77.0 Å². The van der Waals surface area contributed by atoms with E-state index in [9.17, 15) is 4.79 Å². The van der Waals surface area contributed by atoms with Crippen molar-refractivity contribution in [2.24, 2.45) is 5.10 Å². The van der Waals surface area contributed by atoms with E-state index in [1.165, 1.54) is 5.56 Å². The Bertz CT molecular complexity index is 864. The molecule has 1 heterocycles. The minimum atomic E-state index is -0.314. The van der Waals surface area contributed by atoms with Crippen molar-refractivity contribution in [2.75, 3.05) is 0 Å². The Morgan fingerprint density at radius 1 is 1.08 bits per heavy atom. The molecular weight excluding hydrogens is 300 g/mol. The Morgan fingerprint density at radius 2 is 1.79 bits per heavy atom. The van der Waals surface area contributed by atoms with Gasteiger partial charge >= 0.3 is 0 Å². The highest BCUT2D eigenvalue weighted by Crippen LogP contribution is 2.22. The number of rotatable bonds is 4. The van der Waals surface area contributed by atoms with Crippen LogP contribution in [0.25, 0.3) is 11.3 Å². The standard InChI is InChI=1S/C19H18N4O/c1-13-8-10-15(11-9-13)12-20-23-19(24)18-14(2)17(21-22-18)16-6-4-3-5-7-16/h3-12H,1-2H3,(H,21,22)(H,23,24)/b20-12-. The molecule has 1 aromatic heterocycles. The lowest BCUT2D eigenvalue weighted by Crippen LogP contribution is -2.19. The molecule has 3 aromatic rings. The number of benzene rings is 2. The third-order valence-electron chi connectivity index (χ3n) is 3.74. The van der Waals surface area contributed by atoms with Crippen molar-refractivity contribution in [2.45, 2.75) is 13.8 Å². The van der Waals surface area contributed by atoms with Gasteiger partial charge < -0.3 is 0 Å². The van der Waals surface area contributed by atoms with Crippen LogP contribution in [-0.4, -0.2) is 22.3 Å². The molecule has 0 spiro atoms. The van der Waals surface area contributed by atoms with E-state index < -0.39 is 0 Å². The summed E-state index contributed by atoms with van der Waals surface area (Å²) in [6, 6.07) is 17.6. The lowest BCUT2D eigenvalue weighted by molar-refractivity contribution is 0.0949. The monoisotopic (exact) mass is 318 g/mol. The van der Waals surface area contributed by atoms with Gasteiger partial charge in [0.1, 0.15) is 5.69 Å². The number of carbonyl (C=O) groups excluding carboxylic acids is 1. The quantitative estimate of drug-likeness (QED) is 0.571. The first-order chi connectivity index (χ1) is 11.6. The average molecular weight is 318 g/mol. The molecule has 0 atom stereocenters.